The second-order valence-electron chi connectivity index (χ2n) is 3.95. The Labute approximate surface area is 106 Å². The molecule has 17 heavy (non-hydrogen) atoms. The molecule has 4 heteroatoms. The van der Waals surface area contributed by atoms with E-state index in [0.717, 1.165) is 11.4 Å². The van der Waals surface area contributed by atoms with Crippen LogP contribution in [-0.2, 0) is 0 Å². The maximum atomic E-state index is 6.01. The molecule has 0 aliphatic heterocycles. The highest BCUT2D eigenvalue weighted by Crippen LogP contribution is 2.29. The molecular formula is C13H15ClN2O. The van der Waals surface area contributed by atoms with Crippen LogP contribution in [0.1, 0.15) is 24.4 Å². The first kappa shape index (κ1) is 12.0. The molecule has 0 aliphatic rings. The van der Waals surface area contributed by atoms with Crippen molar-refractivity contribution >= 4 is 11.6 Å². The van der Waals surface area contributed by atoms with Crippen LogP contribution in [0.25, 0.3) is 0 Å². The molecule has 1 atom stereocenters. The zero-order valence-corrected chi connectivity index (χ0v) is 10.9. The van der Waals surface area contributed by atoms with Gasteiger partial charge in [-0.3, -0.25) is 0 Å². The van der Waals surface area contributed by atoms with E-state index in [0.29, 0.717) is 10.8 Å². The highest BCUT2D eigenvalue weighted by molar-refractivity contribution is 6.32. The quantitative estimate of drug-likeness (QED) is 0.834. The molecule has 0 spiro atoms. The van der Waals surface area contributed by atoms with Crippen LogP contribution in [0.15, 0.2) is 30.6 Å². The number of aromatic nitrogens is 2. The SMILES string of the molecule is COc1cc(C(C)n2ccnc2C)ccc1Cl. The second-order valence-corrected chi connectivity index (χ2v) is 4.36. The molecule has 1 heterocycles. The third kappa shape index (κ3) is 2.29. The lowest BCUT2D eigenvalue weighted by Crippen LogP contribution is -2.07. The number of halogens is 1. The van der Waals surface area contributed by atoms with Gasteiger partial charge in [-0.05, 0) is 31.5 Å². The number of rotatable bonds is 3. The van der Waals surface area contributed by atoms with Crippen LogP contribution >= 0.6 is 11.6 Å². The van der Waals surface area contributed by atoms with Crippen LogP contribution in [0.3, 0.4) is 0 Å². The van der Waals surface area contributed by atoms with Crippen molar-refractivity contribution in [3.05, 3.63) is 47.0 Å². The van der Waals surface area contributed by atoms with Gasteiger partial charge in [-0.2, -0.15) is 0 Å². The minimum absolute atomic E-state index is 0.212. The summed E-state index contributed by atoms with van der Waals surface area (Å²) < 4.78 is 7.34. The van der Waals surface area contributed by atoms with Crippen molar-refractivity contribution in [1.82, 2.24) is 9.55 Å². The van der Waals surface area contributed by atoms with E-state index in [9.17, 15) is 0 Å². The molecule has 2 aromatic rings. The number of aryl methyl sites for hydroxylation is 1. The van der Waals surface area contributed by atoms with Gasteiger partial charge in [0.1, 0.15) is 11.6 Å². The minimum atomic E-state index is 0.212. The van der Waals surface area contributed by atoms with Gasteiger partial charge >= 0.3 is 0 Å². The van der Waals surface area contributed by atoms with Crippen molar-refractivity contribution in [2.45, 2.75) is 19.9 Å². The number of nitrogens with zero attached hydrogens (tertiary/aromatic N) is 2. The Morgan fingerprint density at radius 1 is 1.41 bits per heavy atom. The predicted molar refractivity (Wildman–Crippen MR) is 68.8 cm³/mol. The third-order valence-corrected chi connectivity index (χ3v) is 3.25. The zero-order chi connectivity index (χ0) is 12.4. The number of imidazole rings is 1. The highest BCUT2D eigenvalue weighted by atomic mass is 35.5. The number of ether oxygens (including phenoxy) is 1. The summed E-state index contributed by atoms with van der Waals surface area (Å²) in [5.41, 5.74) is 1.15. The molecule has 0 N–H and O–H groups in total. The van der Waals surface area contributed by atoms with E-state index < -0.39 is 0 Å². The first-order valence-corrected chi connectivity index (χ1v) is 5.84. The summed E-state index contributed by atoms with van der Waals surface area (Å²) in [6, 6.07) is 6.04. The van der Waals surface area contributed by atoms with Crippen molar-refractivity contribution in [1.29, 1.82) is 0 Å². The lowest BCUT2D eigenvalue weighted by Gasteiger charge is -2.16. The Bertz CT molecular complexity index is 522. The van der Waals surface area contributed by atoms with Gasteiger partial charge in [0, 0.05) is 12.4 Å². The van der Waals surface area contributed by atoms with Gasteiger partial charge < -0.3 is 9.30 Å². The number of benzene rings is 1. The average Bonchev–Trinajstić information content (AvgIpc) is 2.75. The van der Waals surface area contributed by atoms with Crippen LogP contribution in [0, 0.1) is 6.92 Å². The molecule has 0 saturated heterocycles. The predicted octanol–water partition coefficient (Wildman–Crippen LogP) is 3.46. The average molecular weight is 251 g/mol. The Kier molecular flexibility index (Phi) is 3.38. The van der Waals surface area contributed by atoms with Crippen LogP contribution in [0.4, 0.5) is 0 Å². The molecule has 0 fully saturated rings. The summed E-state index contributed by atoms with van der Waals surface area (Å²) in [5, 5.41) is 0.630. The summed E-state index contributed by atoms with van der Waals surface area (Å²) >= 11 is 6.01. The van der Waals surface area contributed by atoms with Gasteiger partial charge in [-0.25, -0.2) is 4.98 Å². The molecule has 0 amide bonds. The topological polar surface area (TPSA) is 27.1 Å². The van der Waals surface area contributed by atoms with E-state index >= 15 is 0 Å². The highest BCUT2D eigenvalue weighted by Gasteiger charge is 2.11. The molecular weight excluding hydrogens is 236 g/mol. The van der Waals surface area contributed by atoms with E-state index in [1.165, 1.54) is 0 Å². The van der Waals surface area contributed by atoms with Crippen LogP contribution < -0.4 is 4.74 Å². The third-order valence-electron chi connectivity index (χ3n) is 2.94. The van der Waals surface area contributed by atoms with Crippen molar-refractivity contribution < 1.29 is 4.74 Å². The van der Waals surface area contributed by atoms with Gasteiger partial charge in [-0.15, -0.1) is 0 Å². The summed E-state index contributed by atoms with van der Waals surface area (Å²) in [6.07, 6.45) is 3.78. The first-order chi connectivity index (χ1) is 8.13. The number of hydrogen-bond acceptors (Lipinski definition) is 2. The molecule has 1 unspecified atom stereocenters. The molecule has 3 nitrogen and oxygen atoms in total. The van der Waals surface area contributed by atoms with Crippen molar-refractivity contribution in [3.63, 3.8) is 0 Å². The van der Waals surface area contributed by atoms with E-state index in [-0.39, 0.29) is 6.04 Å². The fraction of sp³-hybridized carbons (Fsp3) is 0.308. The van der Waals surface area contributed by atoms with Gasteiger partial charge in [-0.1, -0.05) is 17.7 Å². The van der Waals surface area contributed by atoms with Gasteiger partial charge in [0.05, 0.1) is 18.2 Å². The van der Waals surface area contributed by atoms with Crippen molar-refractivity contribution in [3.8, 4) is 5.75 Å². The molecule has 0 radical (unpaired) electrons. The number of hydrogen-bond donors (Lipinski definition) is 0. The van der Waals surface area contributed by atoms with E-state index in [1.807, 2.05) is 31.3 Å². The summed E-state index contributed by atoms with van der Waals surface area (Å²) in [5.74, 6) is 1.69. The molecule has 0 bridgehead atoms. The van der Waals surface area contributed by atoms with Gasteiger partial charge in [0.15, 0.2) is 0 Å². The molecule has 90 valence electrons. The van der Waals surface area contributed by atoms with Crippen LogP contribution in [0.2, 0.25) is 5.02 Å². The smallest absolute Gasteiger partial charge is 0.137 e. The Morgan fingerprint density at radius 2 is 2.18 bits per heavy atom. The Balaban J connectivity index is 2.38. The summed E-state index contributed by atoms with van der Waals surface area (Å²) in [7, 11) is 1.62. The van der Waals surface area contributed by atoms with Crippen LogP contribution in [-0.4, -0.2) is 16.7 Å². The summed E-state index contributed by atoms with van der Waals surface area (Å²) in [4.78, 5) is 4.23. The second kappa shape index (κ2) is 4.80. The molecule has 1 aromatic carbocycles. The standard InChI is InChI=1S/C13H15ClN2O/c1-9(16-7-6-15-10(16)2)11-4-5-12(14)13(8-11)17-3/h4-9H,1-3H3. The first-order valence-electron chi connectivity index (χ1n) is 5.46. The maximum Gasteiger partial charge on any atom is 0.137 e. The van der Waals surface area contributed by atoms with E-state index in [2.05, 4.69) is 16.5 Å². The largest absolute Gasteiger partial charge is 0.495 e. The molecule has 1 aromatic heterocycles. The Morgan fingerprint density at radius 3 is 2.76 bits per heavy atom. The normalized spacial score (nSPS) is 12.5. The van der Waals surface area contributed by atoms with Gasteiger partial charge in [0.25, 0.3) is 0 Å². The van der Waals surface area contributed by atoms with E-state index in [4.69, 9.17) is 16.3 Å². The molecule has 0 aliphatic carbocycles. The van der Waals surface area contributed by atoms with E-state index in [1.54, 1.807) is 13.3 Å². The Hall–Kier alpha value is -1.48. The lowest BCUT2D eigenvalue weighted by molar-refractivity contribution is 0.413. The van der Waals surface area contributed by atoms with Gasteiger partial charge in [0.2, 0.25) is 0 Å². The zero-order valence-electron chi connectivity index (χ0n) is 10.1. The maximum absolute atomic E-state index is 6.01. The lowest BCUT2D eigenvalue weighted by atomic mass is 10.1. The fourth-order valence-electron chi connectivity index (χ4n) is 1.89. The number of methoxy groups -OCH3 is 1. The molecule has 0 saturated carbocycles. The monoisotopic (exact) mass is 250 g/mol. The summed E-state index contributed by atoms with van der Waals surface area (Å²) in [6.45, 7) is 4.11. The molecule has 2 rings (SSSR count). The van der Waals surface area contributed by atoms with Crippen LogP contribution in [0.5, 0.6) is 5.75 Å². The minimum Gasteiger partial charge on any atom is -0.495 e. The fourth-order valence-corrected chi connectivity index (χ4v) is 2.09. The van der Waals surface area contributed by atoms with Crippen molar-refractivity contribution in [2.24, 2.45) is 0 Å². The van der Waals surface area contributed by atoms with Crippen molar-refractivity contribution in [2.75, 3.05) is 7.11 Å².